The molecular formula is C16H23NO2. The maximum Gasteiger partial charge on any atom is 0.167 e. The molecule has 1 atom stereocenters. The number of likely N-dealkylation sites (tertiary alicyclic amines) is 1. The second kappa shape index (κ2) is 6.71. The predicted molar refractivity (Wildman–Crippen MR) is 76.8 cm³/mol. The average molecular weight is 261 g/mol. The monoisotopic (exact) mass is 261 g/mol. The summed E-state index contributed by atoms with van der Waals surface area (Å²) < 4.78 is 5.12. The minimum atomic E-state index is 0.161. The molecule has 1 unspecified atom stereocenters. The molecule has 2 rings (SSSR count). The van der Waals surface area contributed by atoms with Gasteiger partial charge in [0, 0.05) is 18.0 Å². The van der Waals surface area contributed by atoms with E-state index in [1.54, 1.807) is 7.11 Å². The summed E-state index contributed by atoms with van der Waals surface area (Å²) in [6.45, 7) is 5.35. The second-order valence-corrected chi connectivity index (χ2v) is 5.23. The number of ether oxygens (including phenoxy) is 1. The Labute approximate surface area is 115 Å². The van der Waals surface area contributed by atoms with Gasteiger partial charge < -0.3 is 9.64 Å². The highest BCUT2D eigenvalue weighted by molar-refractivity contribution is 5.98. The molecule has 0 aliphatic carbocycles. The summed E-state index contributed by atoms with van der Waals surface area (Å²) in [5, 5.41) is 0. The zero-order chi connectivity index (χ0) is 13.7. The lowest BCUT2D eigenvalue weighted by Crippen LogP contribution is -2.39. The maximum atomic E-state index is 12.5. The molecule has 0 aromatic heterocycles. The number of rotatable bonds is 5. The molecule has 3 heteroatoms. The number of Topliss-reactive ketones (excluding diaryl/α,β-unsaturated/α-hetero) is 1. The van der Waals surface area contributed by atoms with Gasteiger partial charge in [0.15, 0.2) is 5.78 Å². The Balaban J connectivity index is 2.01. The van der Waals surface area contributed by atoms with Crippen molar-refractivity contribution < 1.29 is 9.53 Å². The molecule has 1 aliphatic heterocycles. The Hall–Kier alpha value is -1.35. The van der Waals surface area contributed by atoms with Gasteiger partial charge in [0.25, 0.3) is 0 Å². The van der Waals surface area contributed by atoms with Crippen LogP contribution in [0.2, 0.25) is 0 Å². The van der Waals surface area contributed by atoms with E-state index in [9.17, 15) is 4.79 Å². The van der Waals surface area contributed by atoms with Gasteiger partial charge in [-0.05, 0) is 56.6 Å². The Morgan fingerprint density at radius 2 is 2.11 bits per heavy atom. The van der Waals surface area contributed by atoms with Gasteiger partial charge in [0.2, 0.25) is 0 Å². The van der Waals surface area contributed by atoms with Crippen molar-refractivity contribution >= 4 is 5.78 Å². The van der Waals surface area contributed by atoms with Crippen LogP contribution in [0.25, 0.3) is 0 Å². The minimum absolute atomic E-state index is 0.161. The van der Waals surface area contributed by atoms with Crippen LogP contribution < -0.4 is 4.74 Å². The Morgan fingerprint density at radius 1 is 1.37 bits per heavy atom. The normalized spacial score (nSPS) is 20.2. The number of ketones is 1. The molecule has 3 nitrogen and oxygen atoms in total. The first-order chi connectivity index (χ1) is 9.24. The van der Waals surface area contributed by atoms with Gasteiger partial charge in [-0.1, -0.05) is 6.92 Å². The summed E-state index contributed by atoms with van der Waals surface area (Å²) in [4.78, 5) is 14.9. The van der Waals surface area contributed by atoms with Crippen LogP contribution in [0.1, 0.15) is 36.5 Å². The average Bonchev–Trinajstić information content (AvgIpc) is 2.47. The van der Waals surface area contributed by atoms with E-state index in [0.717, 1.165) is 50.2 Å². The third-order valence-electron chi connectivity index (χ3n) is 3.79. The van der Waals surface area contributed by atoms with Crippen molar-refractivity contribution in [2.24, 2.45) is 5.92 Å². The Morgan fingerprint density at radius 3 is 2.74 bits per heavy atom. The van der Waals surface area contributed by atoms with Crippen LogP contribution in [0, 0.1) is 5.92 Å². The molecule has 0 bridgehead atoms. The van der Waals surface area contributed by atoms with E-state index in [-0.39, 0.29) is 11.7 Å². The molecule has 0 spiro atoms. The van der Waals surface area contributed by atoms with Crippen LogP contribution in [-0.4, -0.2) is 37.4 Å². The third kappa shape index (κ3) is 3.57. The number of carbonyl (C=O) groups excluding carboxylic acids is 1. The standard InChI is InChI=1S/C16H23NO2/c1-3-10-17-11-4-5-14(12-17)16(18)13-6-8-15(19-2)9-7-13/h6-9,14H,3-5,10-12H2,1-2H3. The lowest BCUT2D eigenvalue weighted by molar-refractivity contribution is 0.0820. The zero-order valence-electron chi connectivity index (χ0n) is 11.9. The summed E-state index contributed by atoms with van der Waals surface area (Å²) >= 11 is 0. The quantitative estimate of drug-likeness (QED) is 0.763. The first kappa shape index (κ1) is 14.1. The van der Waals surface area contributed by atoms with Gasteiger partial charge in [-0.15, -0.1) is 0 Å². The molecular weight excluding hydrogens is 238 g/mol. The molecule has 0 radical (unpaired) electrons. The highest BCUT2D eigenvalue weighted by atomic mass is 16.5. The molecule has 19 heavy (non-hydrogen) atoms. The van der Waals surface area contributed by atoms with Crippen LogP contribution >= 0.6 is 0 Å². The fraction of sp³-hybridized carbons (Fsp3) is 0.562. The number of hydrogen-bond acceptors (Lipinski definition) is 3. The number of methoxy groups -OCH3 is 1. The minimum Gasteiger partial charge on any atom is -0.497 e. The molecule has 1 aromatic rings. The highest BCUT2D eigenvalue weighted by Crippen LogP contribution is 2.22. The molecule has 1 fully saturated rings. The lowest BCUT2D eigenvalue weighted by Gasteiger charge is -2.31. The molecule has 1 saturated heterocycles. The van der Waals surface area contributed by atoms with Gasteiger partial charge in [-0.25, -0.2) is 0 Å². The second-order valence-electron chi connectivity index (χ2n) is 5.23. The Bertz CT molecular complexity index is 411. The van der Waals surface area contributed by atoms with E-state index in [0.29, 0.717) is 0 Å². The molecule has 1 aromatic carbocycles. The molecule has 104 valence electrons. The topological polar surface area (TPSA) is 29.5 Å². The van der Waals surface area contributed by atoms with Gasteiger partial charge in [0.1, 0.15) is 5.75 Å². The molecule has 1 aliphatic rings. The van der Waals surface area contributed by atoms with E-state index in [1.165, 1.54) is 0 Å². The Kier molecular flexibility index (Phi) is 4.97. The van der Waals surface area contributed by atoms with E-state index >= 15 is 0 Å². The van der Waals surface area contributed by atoms with Gasteiger partial charge in [0.05, 0.1) is 7.11 Å². The first-order valence-corrected chi connectivity index (χ1v) is 7.15. The number of nitrogens with zero attached hydrogens (tertiary/aromatic N) is 1. The zero-order valence-corrected chi connectivity index (χ0v) is 11.9. The van der Waals surface area contributed by atoms with Crippen LogP contribution in [0.3, 0.4) is 0 Å². The number of benzene rings is 1. The van der Waals surface area contributed by atoms with Crippen LogP contribution in [-0.2, 0) is 0 Å². The van der Waals surface area contributed by atoms with Crippen molar-refractivity contribution in [2.45, 2.75) is 26.2 Å². The number of carbonyl (C=O) groups is 1. The highest BCUT2D eigenvalue weighted by Gasteiger charge is 2.25. The first-order valence-electron chi connectivity index (χ1n) is 7.15. The molecule has 0 N–H and O–H groups in total. The molecule has 0 saturated carbocycles. The van der Waals surface area contributed by atoms with Crippen LogP contribution in [0.5, 0.6) is 5.75 Å². The summed E-state index contributed by atoms with van der Waals surface area (Å²) in [7, 11) is 1.64. The van der Waals surface area contributed by atoms with Crippen LogP contribution in [0.15, 0.2) is 24.3 Å². The van der Waals surface area contributed by atoms with Gasteiger partial charge in [-0.3, -0.25) is 4.79 Å². The summed E-state index contributed by atoms with van der Waals surface area (Å²) in [6.07, 6.45) is 3.31. The van der Waals surface area contributed by atoms with Crippen molar-refractivity contribution in [3.8, 4) is 5.75 Å². The maximum absolute atomic E-state index is 12.5. The lowest BCUT2D eigenvalue weighted by atomic mass is 9.90. The van der Waals surface area contributed by atoms with Crippen molar-refractivity contribution in [1.29, 1.82) is 0 Å². The van der Waals surface area contributed by atoms with Gasteiger partial charge >= 0.3 is 0 Å². The summed E-state index contributed by atoms with van der Waals surface area (Å²) in [5.74, 6) is 1.24. The summed E-state index contributed by atoms with van der Waals surface area (Å²) in [6, 6.07) is 7.47. The van der Waals surface area contributed by atoms with Crippen molar-refractivity contribution in [3.63, 3.8) is 0 Å². The predicted octanol–water partition coefficient (Wildman–Crippen LogP) is 3.00. The number of hydrogen-bond donors (Lipinski definition) is 0. The summed E-state index contributed by atoms with van der Waals surface area (Å²) in [5.41, 5.74) is 0.809. The molecule has 1 heterocycles. The third-order valence-corrected chi connectivity index (χ3v) is 3.79. The fourth-order valence-electron chi connectivity index (χ4n) is 2.78. The van der Waals surface area contributed by atoms with Crippen molar-refractivity contribution in [1.82, 2.24) is 4.90 Å². The van der Waals surface area contributed by atoms with Crippen molar-refractivity contribution in [3.05, 3.63) is 29.8 Å². The van der Waals surface area contributed by atoms with Crippen LogP contribution in [0.4, 0.5) is 0 Å². The van der Waals surface area contributed by atoms with E-state index in [1.807, 2.05) is 24.3 Å². The van der Waals surface area contributed by atoms with Gasteiger partial charge in [-0.2, -0.15) is 0 Å². The molecule has 0 amide bonds. The van der Waals surface area contributed by atoms with E-state index in [2.05, 4.69) is 11.8 Å². The van der Waals surface area contributed by atoms with E-state index in [4.69, 9.17) is 4.74 Å². The SMILES string of the molecule is CCCN1CCCC(C(=O)c2ccc(OC)cc2)C1. The smallest absolute Gasteiger partial charge is 0.167 e. The van der Waals surface area contributed by atoms with Crippen molar-refractivity contribution in [2.75, 3.05) is 26.7 Å². The number of piperidine rings is 1. The largest absolute Gasteiger partial charge is 0.497 e. The fourth-order valence-corrected chi connectivity index (χ4v) is 2.78. The van der Waals surface area contributed by atoms with E-state index < -0.39 is 0 Å².